The number of rotatable bonds is 3. The van der Waals surface area contributed by atoms with Gasteiger partial charge in [-0.2, -0.15) is 0 Å². The number of Topliss-reactive ketones (excluding diaryl/α,β-unsaturated/α-hetero) is 1. The summed E-state index contributed by atoms with van der Waals surface area (Å²) in [5.41, 5.74) is -0.210. The molecule has 3 heteroatoms. The number of carbonyl (C=O) groups is 1. The van der Waals surface area contributed by atoms with Crippen LogP contribution < -0.4 is 0 Å². The molecule has 0 N–H and O–H groups in total. The van der Waals surface area contributed by atoms with Crippen molar-refractivity contribution in [3.63, 3.8) is 0 Å². The van der Waals surface area contributed by atoms with E-state index in [0.717, 1.165) is 0 Å². The second-order valence-corrected chi connectivity index (χ2v) is 3.23. The SMILES string of the molecule is [2H]c1c([2H])c(C(=O)CN(C)C)c([2H])c([2H])c1Cl. The van der Waals surface area contributed by atoms with Crippen molar-refractivity contribution in [3.8, 4) is 0 Å². The van der Waals surface area contributed by atoms with Crippen LogP contribution in [0.25, 0.3) is 0 Å². The molecule has 0 bridgehead atoms. The zero-order valence-electron chi connectivity index (χ0n) is 11.4. The molecule has 0 fully saturated rings. The fraction of sp³-hybridized carbons (Fsp3) is 0.300. The van der Waals surface area contributed by atoms with E-state index in [1.54, 1.807) is 19.0 Å². The van der Waals surface area contributed by atoms with Crippen LogP contribution in [0.1, 0.15) is 15.8 Å². The number of ketones is 1. The van der Waals surface area contributed by atoms with Gasteiger partial charge in [0.2, 0.25) is 0 Å². The van der Waals surface area contributed by atoms with E-state index in [0.29, 0.717) is 0 Å². The Morgan fingerprint density at radius 3 is 2.46 bits per heavy atom. The number of benzene rings is 1. The van der Waals surface area contributed by atoms with Gasteiger partial charge in [-0.1, -0.05) is 11.6 Å². The first-order valence-corrected chi connectivity index (χ1v) is 4.09. The molecule has 0 aromatic heterocycles. The summed E-state index contributed by atoms with van der Waals surface area (Å²) in [7, 11) is 3.37. The Balaban J connectivity index is 3.39. The molecule has 0 heterocycles. The summed E-state index contributed by atoms with van der Waals surface area (Å²) in [4.78, 5) is 13.4. The van der Waals surface area contributed by atoms with Crippen LogP contribution in [0.4, 0.5) is 0 Å². The van der Waals surface area contributed by atoms with Gasteiger partial charge in [0.25, 0.3) is 0 Å². The van der Waals surface area contributed by atoms with E-state index in [9.17, 15) is 4.79 Å². The molecule has 0 saturated heterocycles. The second kappa shape index (κ2) is 4.40. The Bertz CT molecular complexity index is 447. The van der Waals surface area contributed by atoms with E-state index in [4.69, 9.17) is 17.1 Å². The lowest BCUT2D eigenvalue weighted by Crippen LogP contribution is -2.21. The number of hydrogen-bond acceptors (Lipinski definition) is 2. The minimum absolute atomic E-state index is 0.0261. The van der Waals surface area contributed by atoms with Gasteiger partial charge >= 0.3 is 0 Å². The van der Waals surface area contributed by atoms with E-state index >= 15 is 0 Å². The van der Waals surface area contributed by atoms with Gasteiger partial charge in [0.05, 0.1) is 12.0 Å². The van der Waals surface area contributed by atoms with Crippen LogP contribution in [-0.4, -0.2) is 31.3 Å². The minimum atomic E-state index is -0.455. The Labute approximate surface area is 88.7 Å². The average molecular weight is 202 g/mol. The highest BCUT2D eigenvalue weighted by Crippen LogP contribution is 2.09. The van der Waals surface area contributed by atoms with E-state index in [1.807, 2.05) is 0 Å². The van der Waals surface area contributed by atoms with Gasteiger partial charge in [-0.25, -0.2) is 0 Å². The van der Waals surface area contributed by atoms with Gasteiger partial charge in [0, 0.05) is 10.6 Å². The smallest absolute Gasteiger partial charge is 0.176 e. The molecule has 0 aliphatic heterocycles. The molecule has 0 saturated carbocycles. The zero-order valence-corrected chi connectivity index (χ0v) is 8.20. The Morgan fingerprint density at radius 2 is 2.00 bits per heavy atom. The highest BCUT2D eigenvalue weighted by molar-refractivity contribution is 6.30. The van der Waals surface area contributed by atoms with E-state index in [-0.39, 0.29) is 41.3 Å². The maximum Gasteiger partial charge on any atom is 0.176 e. The third-order valence-electron chi connectivity index (χ3n) is 1.33. The van der Waals surface area contributed by atoms with Gasteiger partial charge in [-0.15, -0.1) is 0 Å². The van der Waals surface area contributed by atoms with Crippen molar-refractivity contribution in [2.45, 2.75) is 0 Å². The van der Waals surface area contributed by atoms with E-state index in [2.05, 4.69) is 0 Å². The molecular formula is C10H12ClNO. The Hall–Kier alpha value is -0.860. The summed E-state index contributed by atoms with van der Waals surface area (Å²) in [5, 5.41) is -0.263. The molecule has 0 atom stereocenters. The summed E-state index contributed by atoms with van der Waals surface area (Å²) >= 11 is 5.63. The van der Waals surface area contributed by atoms with Crippen LogP contribution in [0.5, 0.6) is 0 Å². The maximum absolute atomic E-state index is 11.8. The van der Waals surface area contributed by atoms with Crippen LogP contribution in [-0.2, 0) is 0 Å². The molecule has 0 amide bonds. The predicted octanol–water partition coefficient (Wildman–Crippen LogP) is 2.08. The second-order valence-electron chi connectivity index (χ2n) is 2.85. The van der Waals surface area contributed by atoms with Gasteiger partial charge in [-0.3, -0.25) is 4.79 Å². The first-order chi connectivity index (χ1) is 7.77. The van der Waals surface area contributed by atoms with Crippen molar-refractivity contribution in [2.75, 3.05) is 20.6 Å². The first kappa shape index (κ1) is 5.78. The van der Waals surface area contributed by atoms with Crippen molar-refractivity contribution in [1.29, 1.82) is 0 Å². The van der Waals surface area contributed by atoms with E-state index < -0.39 is 5.78 Å². The molecule has 70 valence electrons. The summed E-state index contributed by atoms with van der Waals surface area (Å²) in [5.74, 6) is -0.455. The zero-order chi connectivity index (χ0) is 13.3. The van der Waals surface area contributed by atoms with Gasteiger partial charge in [0.1, 0.15) is 0 Å². The van der Waals surface area contributed by atoms with Crippen LogP contribution in [0, 0.1) is 0 Å². The van der Waals surface area contributed by atoms with Crippen molar-refractivity contribution in [2.24, 2.45) is 0 Å². The minimum Gasteiger partial charge on any atom is -0.302 e. The lowest BCUT2D eigenvalue weighted by molar-refractivity contribution is 0.0958. The highest BCUT2D eigenvalue weighted by Gasteiger charge is 2.05. The average Bonchev–Trinajstić information content (AvgIpc) is 2.23. The summed E-state index contributed by atoms with van der Waals surface area (Å²) in [6.07, 6.45) is 0. The molecule has 0 aliphatic rings. The highest BCUT2D eigenvalue weighted by atomic mass is 35.5. The van der Waals surface area contributed by atoms with Gasteiger partial charge < -0.3 is 4.90 Å². The first-order valence-electron chi connectivity index (χ1n) is 5.71. The monoisotopic (exact) mass is 201 g/mol. The lowest BCUT2D eigenvalue weighted by atomic mass is 10.1. The largest absolute Gasteiger partial charge is 0.302 e. The van der Waals surface area contributed by atoms with Crippen molar-refractivity contribution < 1.29 is 10.3 Å². The Kier molecular flexibility index (Phi) is 1.96. The molecule has 0 aliphatic carbocycles. The van der Waals surface area contributed by atoms with Crippen molar-refractivity contribution in [3.05, 3.63) is 34.8 Å². The number of nitrogens with zero attached hydrogens (tertiary/aromatic N) is 1. The molecule has 13 heavy (non-hydrogen) atoms. The van der Waals surface area contributed by atoms with E-state index in [1.165, 1.54) is 0 Å². The van der Waals surface area contributed by atoms with Crippen molar-refractivity contribution >= 4 is 17.4 Å². The van der Waals surface area contributed by atoms with Crippen LogP contribution >= 0.6 is 11.6 Å². The third-order valence-corrected chi connectivity index (χ3v) is 1.52. The maximum atomic E-state index is 11.8. The summed E-state index contributed by atoms with van der Waals surface area (Å²) < 4.78 is 30.3. The molecule has 1 aromatic carbocycles. The van der Waals surface area contributed by atoms with Gasteiger partial charge in [-0.05, 0) is 38.3 Å². The predicted molar refractivity (Wildman–Crippen MR) is 54.3 cm³/mol. The topological polar surface area (TPSA) is 20.3 Å². The van der Waals surface area contributed by atoms with Crippen molar-refractivity contribution in [1.82, 2.24) is 4.90 Å². The number of carbonyl (C=O) groups excluding carboxylic acids is 1. The quantitative estimate of drug-likeness (QED) is 0.698. The lowest BCUT2D eigenvalue weighted by Gasteiger charge is -2.07. The molecular weight excluding hydrogens is 186 g/mol. The fourth-order valence-corrected chi connectivity index (χ4v) is 0.897. The molecule has 1 aromatic rings. The van der Waals surface area contributed by atoms with Crippen LogP contribution in [0.2, 0.25) is 5.02 Å². The standard InChI is InChI=1S/C10H12ClNO/c1-12(2)7-10(13)8-3-5-9(11)6-4-8/h3-6H,7H2,1-2H3/i3D,4D,5D,6D. The number of likely N-dealkylation sites (N-methyl/N-ethyl adjacent to an activating group) is 1. The Morgan fingerprint density at radius 1 is 1.46 bits per heavy atom. The van der Waals surface area contributed by atoms with Crippen LogP contribution in [0.15, 0.2) is 24.2 Å². The van der Waals surface area contributed by atoms with Gasteiger partial charge in [0.15, 0.2) is 5.78 Å². The number of halogens is 1. The molecule has 0 spiro atoms. The molecule has 1 rings (SSSR count). The number of hydrogen-bond donors (Lipinski definition) is 0. The molecule has 2 nitrogen and oxygen atoms in total. The normalized spacial score (nSPS) is 14.8. The third kappa shape index (κ3) is 3.17. The molecule has 0 radical (unpaired) electrons. The summed E-state index contributed by atoms with van der Waals surface area (Å²) in [6.45, 7) is 0.0261. The molecule has 0 unspecified atom stereocenters. The van der Waals surface area contributed by atoms with Crippen LogP contribution in [0.3, 0.4) is 0 Å². The summed E-state index contributed by atoms with van der Waals surface area (Å²) in [6, 6.07) is -1.53. The fourth-order valence-electron chi connectivity index (χ4n) is 0.803.